The van der Waals surface area contributed by atoms with Crippen LogP contribution in [0.1, 0.15) is 17.5 Å². The van der Waals surface area contributed by atoms with E-state index in [2.05, 4.69) is 11.9 Å². The molecular formula is C20H17N3O3S. The Morgan fingerprint density at radius 3 is 2.85 bits per heavy atom. The summed E-state index contributed by atoms with van der Waals surface area (Å²) in [6.45, 7) is 4.40. The molecule has 1 fully saturated rings. The van der Waals surface area contributed by atoms with Crippen LogP contribution in [0, 0.1) is 0 Å². The first kappa shape index (κ1) is 17.4. The first-order chi connectivity index (χ1) is 13.0. The minimum Gasteiger partial charge on any atom is -0.307 e. The third kappa shape index (κ3) is 2.80. The normalized spacial score (nSPS) is 18.1. The van der Waals surface area contributed by atoms with Crippen molar-refractivity contribution < 1.29 is 9.59 Å². The molecular weight excluding hydrogens is 362 g/mol. The second-order valence-electron chi connectivity index (χ2n) is 6.54. The van der Waals surface area contributed by atoms with Crippen molar-refractivity contribution in [1.82, 2.24) is 14.8 Å². The van der Waals surface area contributed by atoms with E-state index in [0.29, 0.717) is 12.1 Å². The largest absolute Gasteiger partial charge is 0.307 e. The molecule has 6 nitrogen and oxygen atoms in total. The molecule has 0 unspecified atom stereocenters. The number of rotatable bonds is 3. The lowest BCUT2D eigenvalue weighted by molar-refractivity contribution is -0.128. The molecule has 4 rings (SSSR count). The number of nitrogens with one attached hydrogen (secondary N) is 1. The smallest absolute Gasteiger partial charge is 0.265 e. The lowest BCUT2D eigenvalue weighted by atomic mass is 9.99. The van der Waals surface area contributed by atoms with Gasteiger partial charge in [-0.1, -0.05) is 24.3 Å². The number of carbonyl (C=O) groups is 2. The second kappa shape index (κ2) is 6.59. The van der Waals surface area contributed by atoms with Gasteiger partial charge < -0.3 is 4.57 Å². The molecule has 2 amide bonds. The number of hydrogen-bond acceptors (Lipinski definition) is 4. The maximum Gasteiger partial charge on any atom is 0.265 e. The number of carbonyl (C=O) groups excluding carboxylic acids is 2. The van der Waals surface area contributed by atoms with E-state index < -0.39 is 11.8 Å². The van der Waals surface area contributed by atoms with Gasteiger partial charge in [-0.2, -0.15) is 0 Å². The van der Waals surface area contributed by atoms with Crippen molar-refractivity contribution in [3.8, 4) is 0 Å². The van der Waals surface area contributed by atoms with Gasteiger partial charge >= 0.3 is 0 Å². The molecule has 1 saturated heterocycles. The van der Waals surface area contributed by atoms with E-state index in [4.69, 9.17) is 12.2 Å². The highest BCUT2D eigenvalue weighted by Gasteiger charge is 2.33. The van der Waals surface area contributed by atoms with E-state index in [9.17, 15) is 14.4 Å². The number of aromatic nitrogens is 1. The summed E-state index contributed by atoms with van der Waals surface area (Å²) in [6, 6.07) is 7.66. The SMILES string of the molecule is C=CCN1C(=O)/C(=C/c2cc3cccc4c3n(c2=O)CCC4)C(=O)NC1=S. The van der Waals surface area contributed by atoms with E-state index in [1.807, 2.05) is 18.2 Å². The van der Waals surface area contributed by atoms with Gasteiger partial charge in [-0.25, -0.2) is 0 Å². The van der Waals surface area contributed by atoms with Gasteiger partial charge in [-0.15, -0.1) is 6.58 Å². The van der Waals surface area contributed by atoms with Crippen LogP contribution in [-0.4, -0.2) is 32.9 Å². The standard InChI is InChI=1S/C20H17N3O3S/c1-2-8-23-19(26)15(17(24)21-20(23)27)11-14-10-13-6-3-5-12-7-4-9-22(16(12)13)18(14)25/h2-3,5-6,10-11H,1,4,7-9H2,(H,21,24,27)/b15-11+. The van der Waals surface area contributed by atoms with Crippen LogP contribution in [0.25, 0.3) is 17.0 Å². The summed E-state index contributed by atoms with van der Waals surface area (Å²) < 4.78 is 1.73. The van der Waals surface area contributed by atoms with Gasteiger partial charge in [0.1, 0.15) is 5.57 Å². The fourth-order valence-electron chi connectivity index (χ4n) is 3.63. The molecule has 7 heteroatoms. The molecule has 27 heavy (non-hydrogen) atoms. The topological polar surface area (TPSA) is 71.4 Å². The van der Waals surface area contributed by atoms with Crippen molar-refractivity contribution in [2.75, 3.05) is 6.54 Å². The lowest BCUT2D eigenvalue weighted by Crippen LogP contribution is -2.53. The Morgan fingerprint density at radius 2 is 2.07 bits per heavy atom. The maximum absolute atomic E-state index is 13.0. The van der Waals surface area contributed by atoms with Gasteiger partial charge in [0.25, 0.3) is 17.4 Å². The van der Waals surface area contributed by atoms with Crippen molar-refractivity contribution in [1.29, 1.82) is 0 Å². The highest BCUT2D eigenvalue weighted by molar-refractivity contribution is 7.80. The Morgan fingerprint density at radius 1 is 1.26 bits per heavy atom. The van der Waals surface area contributed by atoms with Crippen LogP contribution in [-0.2, 0) is 22.6 Å². The summed E-state index contributed by atoms with van der Waals surface area (Å²) in [7, 11) is 0. The van der Waals surface area contributed by atoms with Gasteiger partial charge in [-0.05, 0) is 48.2 Å². The number of amides is 2. The Kier molecular flexibility index (Phi) is 4.24. The third-order valence-electron chi connectivity index (χ3n) is 4.85. The van der Waals surface area contributed by atoms with Crippen LogP contribution in [0.15, 0.2) is 47.3 Å². The highest BCUT2D eigenvalue weighted by Crippen LogP contribution is 2.25. The van der Waals surface area contributed by atoms with Crippen LogP contribution in [0.4, 0.5) is 0 Å². The van der Waals surface area contributed by atoms with Crippen LogP contribution >= 0.6 is 12.2 Å². The van der Waals surface area contributed by atoms with E-state index in [0.717, 1.165) is 29.3 Å². The number of para-hydroxylation sites is 1. The fourth-order valence-corrected chi connectivity index (χ4v) is 3.88. The molecule has 1 aromatic carbocycles. The van der Waals surface area contributed by atoms with Crippen LogP contribution in [0.3, 0.4) is 0 Å². The molecule has 2 aliphatic rings. The molecule has 1 N–H and O–H groups in total. The molecule has 3 heterocycles. The van der Waals surface area contributed by atoms with Crippen molar-refractivity contribution in [3.63, 3.8) is 0 Å². The minimum absolute atomic E-state index is 0.0389. The van der Waals surface area contributed by atoms with Gasteiger partial charge in [-0.3, -0.25) is 24.6 Å². The van der Waals surface area contributed by atoms with E-state index >= 15 is 0 Å². The zero-order valence-corrected chi connectivity index (χ0v) is 15.3. The number of benzene rings is 1. The summed E-state index contributed by atoms with van der Waals surface area (Å²) in [4.78, 5) is 39.2. The van der Waals surface area contributed by atoms with Crippen LogP contribution < -0.4 is 10.9 Å². The summed E-state index contributed by atoms with van der Waals surface area (Å²) in [6.07, 6.45) is 4.71. The predicted octanol–water partition coefficient (Wildman–Crippen LogP) is 1.76. The molecule has 2 aromatic rings. The molecule has 0 bridgehead atoms. The zero-order valence-electron chi connectivity index (χ0n) is 14.5. The van der Waals surface area contributed by atoms with E-state index in [1.54, 1.807) is 10.6 Å². The second-order valence-corrected chi connectivity index (χ2v) is 6.92. The molecule has 2 aliphatic heterocycles. The third-order valence-corrected chi connectivity index (χ3v) is 5.17. The molecule has 0 saturated carbocycles. The highest BCUT2D eigenvalue weighted by atomic mass is 32.1. The first-order valence-corrected chi connectivity index (χ1v) is 9.07. The van der Waals surface area contributed by atoms with Gasteiger partial charge in [0.15, 0.2) is 5.11 Å². The Hall–Kier alpha value is -3.06. The molecule has 1 aromatic heterocycles. The molecule has 0 spiro atoms. The maximum atomic E-state index is 13.0. The molecule has 136 valence electrons. The lowest BCUT2D eigenvalue weighted by Gasteiger charge is -2.27. The summed E-state index contributed by atoms with van der Waals surface area (Å²) in [5.41, 5.74) is 2.08. The number of thiocarbonyl (C=S) groups is 1. The Labute approximate surface area is 160 Å². The van der Waals surface area contributed by atoms with Gasteiger partial charge in [0.2, 0.25) is 0 Å². The van der Waals surface area contributed by atoms with E-state index in [1.165, 1.54) is 17.1 Å². The van der Waals surface area contributed by atoms with Gasteiger partial charge in [0.05, 0.1) is 5.52 Å². The van der Waals surface area contributed by atoms with Crippen molar-refractivity contribution in [2.45, 2.75) is 19.4 Å². The Balaban J connectivity index is 1.88. The number of hydrogen-bond donors (Lipinski definition) is 1. The predicted molar refractivity (Wildman–Crippen MR) is 107 cm³/mol. The summed E-state index contributed by atoms with van der Waals surface area (Å²) in [5, 5.41) is 3.45. The quantitative estimate of drug-likeness (QED) is 0.382. The number of pyridine rings is 1. The molecule has 0 aliphatic carbocycles. The monoisotopic (exact) mass is 379 g/mol. The summed E-state index contributed by atoms with van der Waals surface area (Å²) >= 11 is 5.05. The van der Waals surface area contributed by atoms with E-state index in [-0.39, 0.29) is 22.8 Å². The van der Waals surface area contributed by atoms with Crippen molar-refractivity contribution >= 4 is 46.1 Å². The van der Waals surface area contributed by atoms with Crippen molar-refractivity contribution in [3.05, 3.63) is 64.0 Å². The summed E-state index contributed by atoms with van der Waals surface area (Å²) in [5.74, 6) is -1.13. The number of nitrogens with zero attached hydrogens (tertiary/aromatic N) is 2. The first-order valence-electron chi connectivity index (χ1n) is 8.66. The average molecular weight is 379 g/mol. The minimum atomic E-state index is -0.600. The average Bonchev–Trinajstić information content (AvgIpc) is 2.66. The zero-order chi connectivity index (χ0) is 19.1. The fraction of sp³-hybridized carbons (Fsp3) is 0.200. The molecule has 0 radical (unpaired) electrons. The van der Waals surface area contributed by atoms with Crippen molar-refractivity contribution in [2.24, 2.45) is 0 Å². The van der Waals surface area contributed by atoms with Crippen LogP contribution in [0.5, 0.6) is 0 Å². The van der Waals surface area contributed by atoms with Crippen LogP contribution in [0.2, 0.25) is 0 Å². The molecule has 0 atom stereocenters. The Bertz CT molecular complexity index is 1110. The number of aryl methyl sites for hydroxylation is 2. The van der Waals surface area contributed by atoms with Gasteiger partial charge in [0, 0.05) is 18.7 Å².